The largest absolute Gasteiger partial charge is 0.374 e. The molecule has 0 unspecified atom stereocenters. The van der Waals surface area contributed by atoms with Crippen molar-refractivity contribution < 1.29 is 17.1 Å². The molecule has 1 aliphatic heterocycles. The molecule has 0 aliphatic carbocycles. The van der Waals surface area contributed by atoms with Crippen LogP contribution in [0.3, 0.4) is 0 Å². The summed E-state index contributed by atoms with van der Waals surface area (Å²) in [6.07, 6.45) is 2.98. The van der Waals surface area contributed by atoms with Crippen molar-refractivity contribution in [3.63, 3.8) is 0 Å². The van der Waals surface area contributed by atoms with Crippen molar-refractivity contribution in [2.75, 3.05) is 26.2 Å². The van der Waals surface area contributed by atoms with Gasteiger partial charge in [0.25, 0.3) is 5.91 Å². The predicted octanol–water partition coefficient (Wildman–Crippen LogP) is -0.618. The summed E-state index contributed by atoms with van der Waals surface area (Å²) in [5.74, 6) is -0.118. The van der Waals surface area contributed by atoms with Crippen molar-refractivity contribution in [3.8, 4) is 0 Å². The van der Waals surface area contributed by atoms with Crippen LogP contribution in [-0.4, -0.2) is 59.7 Å². The number of imidazole rings is 1. The van der Waals surface area contributed by atoms with Gasteiger partial charge >= 0.3 is 10.4 Å². The van der Waals surface area contributed by atoms with E-state index in [2.05, 4.69) is 9.97 Å². The molecule has 0 aromatic carbocycles. The zero-order chi connectivity index (χ0) is 12.5. The fraction of sp³-hybridized carbons (Fsp3) is 0.500. The van der Waals surface area contributed by atoms with E-state index in [1.807, 2.05) is 0 Å². The summed E-state index contributed by atoms with van der Waals surface area (Å²) in [4.78, 5) is 19.7. The van der Waals surface area contributed by atoms with E-state index in [4.69, 9.17) is 0 Å². The summed E-state index contributed by atoms with van der Waals surface area (Å²) in [6.45, 7) is 0.238. The van der Waals surface area contributed by atoms with Crippen molar-refractivity contribution >= 4 is 16.3 Å². The molecular weight excluding hydrogens is 251 g/mol. The van der Waals surface area contributed by atoms with Gasteiger partial charge in [0.1, 0.15) is 0 Å². The number of carbonyl (C=O) groups excluding carboxylic acids is 1. The first-order valence-electron chi connectivity index (χ1n) is 4.97. The van der Waals surface area contributed by atoms with E-state index in [9.17, 15) is 17.1 Å². The summed E-state index contributed by atoms with van der Waals surface area (Å²) in [5.41, 5.74) is 0. The van der Waals surface area contributed by atoms with Crippen molar-refractivity contribution in [1.29, 1.82) is 0 Å². The second kappa shape index (κ2) is 4.41. The minimum atomic E-state index is -4.66. The summed E-state index contributed by atoms with van der Waals surface area (Å²) >= 11 is 0. The van der Waals surface area contributed by atoms with Crippen LogP contribution in [-0.2, 0) is 10.4 Å². The number of rotatable bonds is 2. The number of hydrogen-bond donors (Lipinski definition) is 1. The van der Waals surface area contributed by atoms with Crippen LogP contribution in [0, 0.1) is 0 Å². The average molecular weight is 262 g/mol. The van der Waals surface area contributed by atoms with Crippen LogP contribution in [0.4, 0.5) is 3.89 Å². The maximum Gasteiger partial charge on any atom is 0.374 e. The molecule has 1 aromatic rings. The van der Waals surface area contributed by atoms with Gasteiger partial charge in [-0.3, -0.25) is 4.79 Å². The second-order valence-corrected chi connectivity index (χ2v) is 4.91. The molecule has 1 aliphatic rings. The number of aromatic amines is 1. The molecule has 0 radical (unpaired) electrons. The van der Waals surface area contributed by atoms with E-state index in [1.54, 1.807) is 0 Å². The standard InChI is InChI=1S/C8H11FN4O3S/c9-17(15,16)13-5-3-12(4-6-13)8(14)7-10-1-2-11-7/h1-2H,3-6H2,(H,10,11). The van der Waals surface area contributed by atoms with E-state index in [-0.39, 0.29) is 37.9 Å². The molecule has 7 nitrogen and oxygen atoms in total. The lowest BCUT2D eigenvalue weighted by molar-refractivity contribution is 0.0684. The fourth-order valence-corrected chi connectivity index (χ4v) is 2.24. The SMILES string of the molecule is O=C(c1ncc[nH]1)N1CCN(S(=O)(=O)F)CC1. The second-order valence-electron chi connectivity index (χ2n) is 3.57. The number of piperazine rings is 1. The number of amides is 1. The van der Waals surface area contributed by atoms with Crippen LogP contribution in [0.2, 0.25) is 0 Å². The molecule has 2 rings (SSSR count). The smallest absolute Gasteiger partial charge is 0.341 e. The number of hydrogen-bond acceptors (Lipinski definition) is 4. The molecule has 94 valence electrons. The lowest BCUT2D eigenvalue weighted by atomic mass is 10.3. The summed E-state index contributed by atoms with van der Waals surface area (Å²) < 4.78 is 34.6. The van der Waals surface area contributed by atoms with Crippen molar-refractivity contribution in [1.82, 2.24) is 19.2 Å². The van der Waals surface area contributed by atoms with Crippen molar-refractivity contribution in [2.45, 2.75) is 0 Å². The molecule has 2 heterocycles. The molecule has 0 saturated carbocycles. The van der Waals surface area contributed by atoms with Gasteiger partial charge in [-0.05, 0) is 0 Å². The third-order valence-corrected chi connectivity index (χ3v) is 3.52. The van der Waals surface area contributed by atoms with Crippen LogP contribution in [0.1, 0.15) is 10.6 Å². The molecule has 17 heavy (non-hydrogen) atoms. The number of H-pyrrole nitrogens is 1. The maximum absolute atomic E-state index is 12.7. The van der Waals surface area contributed by atoms with Gasteiger partial charge in [-0.15, -0.1) is 0 Å². The van der Waals surface area contributed by atoms with E-state index in [1.165, 1.54) is 17.3 Å². The monoisotopic (exact) mass is 262 g/mol. The van der Waals surface area contributed by atoms with Gasteiger partial charge in [-0.25, -0.2) is 4.98 Å². The molecule has 1 aromatic heterocycles. The summed E-state index contributed by atoms with van der Waals surface area (Å²) in [7, 11) is -4.66. The Morgan fingerprint density at radius 2 is 2.00 bits per heavy atom. The zero-order valence-corrected chi connectivity index (χ0v) is 9.65. The van der Waals surface area contributed by atoms with Crippen LogP contribution in [0.25, 0.3) is 0 Å². The van der Waals surface area contributed by atoms with Gasteiger partial charge in [0.2, 0.25) is 0 Å². The number of nitrogens with zero attached hydrogens (tertiary/aromatic N) is 3. The average Bonchev–Trinajstić information content (AvgIpc) is 2.80. The van der Waals surface area contributed by atoms with Crippen LogP contribution >= 0.6 is 0 Å². The Bertz CT molecular complexity index is 493. The normalized spacial score (nSPS) is 18.3. The predicted molar refractivity (Wildman–Crippen MR) is 56.1 cm³/mol. The molecule has 1 saturated heterocycles. The van der Waals surface area contributed by atoms with E-state index >= 15 is 0 Å². The first-order valence-corrected chi connectivity index (χ1v) is 6.31. The molecule has 1 fully saturated rings. The van der Waals surface area contributed by atoms with E-state index < -0.39 is 10.4 Å². The molecule has 9 heteroatoms. The molecule has 0 atom stereocenters. The summed E-state index contributed by atoms with van der Waals surface area (Å²) in [6, 6.07) is 0. The Balaban J connectivity index is 1.98. The van der Waals surface area contributed by atoms with E-state index in [0.717, 1.165) is 0 Å². The lowest BCUT2D eigenvalue weighted by Crippen LogP contribution is -2.49. The highest BCUT2D eigenvalue weighted by Crippen LogP contribution is 2.10. The highest BCUT2D eigenvalue weighted by atomic mass is 32.3. The Kier molecular flexibility index (Phi) is 3.11. The molecular formula is C8H11FN4O3S. The third kappa shape index (κ3) is 2.61. The summed E-state index contributed by atoms with van der Waals surface area (Å²) in [5, 5.41) is 0. The zero-order valence-electron chi connectivity index (χ0n) is 8.84. The van der Waals surface area contributed by atoms with Crippen molar-refractivity contribution in [3.05, 3.63) is 18.2 Å². The van der Waals surface area contributed by atoms with Gasteiger partial charge in [0, 0.05) is 38.6 Å². The first kappa shape index (κ1) is 12.0. The number of nitrogens with one attached hydrogen (secondary N) is 1. The highest BCUT2D eigenvalue weighted by molar-refractivity contribution is 7.83. The van der Waals surface area contributed by atoms with Gasteiger partial charge in [-0.1, -0.05) is 3.89 Å². The van der Waals surface area contributed by atoms with Crippen LogP contribution < -0.4 is 0 Å². The number of carbonyl (C=O) groups is 1. The minimum absolute atomic E-state index is 0.0364. The molecule has 0 spiro atoms. The quantitative estimate of drug-likeness (QED) is 0.720. The first-order chi connectivity index (χ1) is 7.98. The Morgan fingerprint density at radius 1 is 1.35 bits per heavy atom. The van der Waals surface area contributed by atoms with Gasteiger partial charge in [0.05, 0.1) is 0 Å². The minimum Gasteiger partial charge on any atom is -0.341 e. The third-order valence-electron chi connectivity index (χ3n) is 2.54. The molecule has 1 amide bonds. The number of aromatic nitrogens is 2. The molecule has 1 N–H and O–H groups in total. The molecule has 0 bridgehead atoms. The topological polar surface area (TPSA) is 86.4 Å². The highest BCUT2D eigenvalue weighted by Gasteiger charge is 2.29. The van der Waals surface area contributed by atoms with Gasteiger partial charge in [-0.2, -0.15) is 12.7 Å². The maximum atomic E-state index is 12.7. The fourth-order valence-electron chi connectivity index (χ4n) is 1.64. The van der Waals surface area contributed by atoms with Gasteiger partial charge in [0.15, 0.2) is 5.82 Å². The lowest BCUT2D eigenvalue weighted by Gasteiger charge is -2.31. The van der Waals surface area contributed by atoms with E-state index in [0.29, 0.717) is 4.31 Å². The van der Waals surface area contributed by atoms with Crippen LogP contribution in [0.5, 0.6) is 0 Å². The Morgan fingerprint density at radius 3 is 2.47 bits per heavy atom. The Hall–Kier alpha value is -1.48. The number of halogens is 1. The van der Waals surface area contributed by atoms with Crippen molar-refractivity contribution in [2.24, 2.45) is 0 Å². The van der Waals surface area contributed by atoms with Gasteiger partial charge < -0.3 is 9.88 Å². The van der Waals surface area contributed by atoms with Crippen LogP contribution in [0.15, 0.2) is 12.4 Å². The Labute approximate surface area is 97.6 Å².